The molecule has 0 radical (unpaired) electrons. The van der Waals surface area contributed by atoms with Crippen molar-refractivity contribution in [1.82, 2.24) is 19.5 Å². The normalized spacial score (nSPS) is 14.3. The number of pyridine rings is 1. The van der Waals surface area contributed by atoms with E-state index in [0.717, 1.165) is 4.88 Å². The predicted octanol–water partition coefficient (Wildman–Crippen LogP) is 2.15. The van der Waals surface area contributed by atoms with Crippen molar-refractivity contribution < 1.29 is 18.0 Å². The van der Waals surface area contributed by atoms with E-state index in [4.69, 9.17) is 0 Å². The summed E-state index contributed by atoms with van der Waals surface area (Å²) in [6.45, 7) is 1.84. The number of piperazine rings is 1. The first-order valence-corrected chi connectivity index (χ1v) is 12.9. The number of nitrogens with one attached hydrogen (secondary N) is 1. The van der Waals surface area contributed by atoms with Crippen LogP contribution in [0.3, 0.4) is 0 Å². The molecule has 2 aromatic heterocycles. The lowest BCUT2D eigenvalue weighted by atomic mass is 10.1. The molecule has 0 unspecified atom stereocenters. The number of sulfonamides is 1. The van der Waals surface area contributed by atoms with Crippen molar-refractivity contribution in [2.24, 2.45) is 0 Å². The molecule has 1 fully saturated rings. The van der Waals surface area contributed by atoms with Gasteiger partial charge in [-0.15, -0.1) is 11.3 Å². The average Bonchev–Trinajstić information content (AvgIpc) is 3.37. The van der Waals surface area contributed by atoms with Crippen LogP contribution in [0.5, 0.6) is 0 Å². The summed E-state index contributed by atoms with van der Waals surface area (Å²) < 4.78 is 27.9. The molecule has 0 spiro atoms. The third-order valence-corrected chi connectivity index (χ3v) is 7.66. The van der Waals surface area contributed by atoms with Crippen molar-refractivity contribution in [2.45, 2.75) is 17.9 Å². The quantitative estimate of drug-likeness (QED) is 0.554. The van der Waals surface area contributed by atoms with E-state index in [9.17, 15) is 18.0 Å². The first-order valence-electron chi connectivity index (χ1n) is 10.5. The summed E-state index contributed by atoms with van der Waals surface area (Å²) in [5.74, 6) is -0.271. The Kier molecular flexibility index (Phi) is 7.17. The Balaban J connectivity index is 1.35. The topological polar surface area (TPSA) is 99.7 Å². The van der Waals surface area contributed by atoms with Crippen LogP contribution in [0.15, 0.2) is 71.1 Å². The Morgan fingerprint density at radius 2 is 1.76 bits per heavy atom. The fourth-order valence-corrected chi connectivity index (χ4v) is 5.36. The minimum Gasteiger partial charge on any atom is -0.339 e. The van der Waals surface area contributed by atoms with E-state index in [-0.39, 0.29) is 29.7 Å². The first kappa shape index (κ1) is 23.1. The second-order valence-corrected chi connectivity index (χ2v) is 10.4. The van der Waals surface area contributed by atoms with Crippen LogP contribution in [-0.4, -0.2) is 61.2 Å². The SMILES string of the molecule is O=C(Cc1ccccn1)N1CCN(C(=O)c2cccc(S(=O)(=O)NCc3cccs3)c2)CC1. The third-order valence-electron chi connectivity index (χ3n) is 5.39. The largest absolute Gasteiger partial charge is 0.339 e. The van der Waals surface area contributed by atoms with Crippen LogP contribution in [0.4, 0.5) is 0 Å². The fourth-order valence-electron chi connectivity index (χ4n) is 3.57. The van der Waals surface area contributed by atoms with E-state index in [0.29, 0.717) is 37.4 Å². The zero-order valence-corrected chi connectivity index (χ0v) is 19.5. The maximum Gasteiger partial charge on any atom is 0.254 e. The van der Waals surface area contributed by atoms with Crippen molar-refractivity contribution in [3.05, 3.63) is 82.3 Å². The Hall–Kier alpha value is -3.08. The van der Waals surface area contributed by atoms with E-state index in [1.54, 1.807) is 34.2 Å². The maximum atomic E-state index is 13.0. The lowest BCUT2D eigenvalue weighted by Crippen LogP contribution is -2.51. The van der Waals surface area contributed by atoms with Gasteiger partial charge in [-0.1, -0.05) is 18.2 Å². The minimum atomic E-state index is -3.75. The lowest BCUT2D eigenvalue weighted by Gasteiger charge is -2.35. The minimum absolute atomic E-state index is 0.0225. The zero-order valence-electron chi connectivity index (χ0n) is 17.9. The molecule has 8 nitrogen and oxygen atoms in total. The highest BCUT2D eigenvalue weighted by atomic mass is 32.2. The number of rotatable bonds is 7. The zero-order chi connectivity index (χ0) is 23.3. The van der Waals surface area contributed by atoms with Crippen molar-refractivity contribution in [2.75, 3.05) is 26.2 Å². The van der Waals surface area contributed by atoms with Crippen LogP contribution in [0, 0.1) is 0 Å². The van der Waals surface area contributed by atoms with Gasteiger partial charge in [-0.05, 0) is 41.8 Å². The van der Waals surface area contributed by atoms with Gasteiger partial charge >= 0.3 is 0 Å². The number of aromatic nitrogens is 1. The van der Waals surface area contributed by atoms with Gasteiger partial charge in [0.15, 0.2) is 0 Å². The number of hydrogen-bond acceptors (Lipinski definition) is 6. The highest BCUT2D eigenvalue weighted by Gasteiger charge is 2.26. The second kappa shape index (κ2) is 10.2. The molecule has 1 aromatic carbocycles. The van der Waals surface area contributed by atoms with Crippen LogP contribution < -0.4 is 4.72 Å². The molecular weight excluding hydrogens is 460 g/mol. The van der Waals surface area contributed by atoms with Crippen LogP contribution in [0.2, 0.25) is 0 Å². The first-order chi connectivity index (χ1) is 15.9. The van der Waals surface area contributed by atoms with Crippen molar-refractivity contribution in [3.8, 4) is 0 Å². The van der Waals surface area contributed by atoms with Gasteiger partial charge in [0.25, 0.3) is 5.91 Å². The molecule has 10 heteroatoms. The van der Waals surface area contributed by atoms with Crippen molar-refractivity contribution >= 4 is 33.2 Å². The number of carbonyl (C=O) groups excluding carboxylic acids is 2. The predicted molar refractivity (Wildman–Crippen MR) is 125 cm³/mol. The van der Waals surface area contributed by atoms with Gasteiger partial charge in [0.1, 0.15) is 0 Å². The van der Waals surface area contributed by atoms with E-state index >= 15 is 0 Å². The summed E-state index contributed by atoms with van der Waals surface area (Å²) in [4.78, 5) is 34.0. The van der Waals surface area contributed by atoms with Gasteiger partial charge in [-0.2, -0.15) is 0 Å². The smallest absolute Gasteiger partial charge is 0.254 e. The number of amides is 2. The number of thiophene rings is 1. The molecule has 172 valence electrons. The molecule has 2 amide bonds. The molecule has 0 bridgehead atoms. The number of nitrogens with zero attached hydrogens (tertiary/aromatic N) is 3. The van der Waals surface area contributed by atoms with Gasteiger partial charge in [0.2, 0.25) is 15.9 Å². The number of hydrogen-bond donors (Lipinski definition) is 1. The van der Waals surface area contributed by atoms with Crippen LogP contribution in [0.1, 0.15) is 20.9 Å². The van der Waals surface area contributed by atoms with Crippen molar-refractivity contribution in [3.63, 3.8) is 0 Å². The molecule has 1 saturated heterocycles. The maximum absolute atomic E-state index is 13.0. The Labute approximate surface area is 196 Å². The van der Waals surface area contributed by atoms with E-state index in [2.05, 4.69) is 9.71 Å². The summed E-state index contributed by atoms with van der Waals surface area (Å²) in [6.07, 6.45) is 1.89. The monoisotopic (exact) mass is 484 g/mol. The molecule has 3 aromatic rings. The molecule has 0 saturated carbocycles. The molecule has 1 aliphatic rings. The van der Waals surface area contributed by atoms with Gasteiger partial charge < -0.3 is 9.80 Å². The molecule has 33 heavy (non-hydrogen) atoms. The molecule has 1 aliphatic heterocycles. The third kappa shape index (κ3) is 5.84. The van der Waals surface area contributed by atoms with E-state index in [1.807, 2.05) is 29.6 Å². The van der Waals surface area contributed by atoms with Crippen LogP contribution in [-0.2, 0) is 27.8 Å². The van der Waals surface area contributed by atoms with Gasteiger partial charge in [-0.3, -0.25) is 14.6 Å². The second-order valence-electron chi connectivity index (χ2n) is 7.60. The Morgan fingerprint density at radius 1 is 0.970 bits per heavy atom. The van der Waals surface area contributed by atoms with E-state index < -0.39 is 10.0 Å². The average molecular weight is 485 g/mol. The molecular formula is C23H24N4O4S2. The summed E-state index contributed by atoms with van der Waals surface area (Å²) in [5, 5.41) is 1.88. The Morgan fingerprint density at radius 3 is 2.45 bits per heavy atom. The van der Waals surface area contributed by atoms with Gasteiger partial charge in [0.05, 0.1) is 11.3 Å². The summed E-state index contributed by atoms with van der Waals surface area (Å²) >= 11 is 1.47. The molecule has 4 rings (SSSR count). The number of carbonyl (C=O) groups is 2. The molecule has 1 N–H and O–H groups in total. The summed E-state index contributed by atoms with van der Waals surface area (Å²) in [6, 6.07) is 15.2. The molecule has 0 aliphatic carbocycles. The fraction of sp³-hybridized carbons (Fsp3) is 0.261. The van der Waals surface area contributed by atoms with Crippen LogP contribution >= 0.6 is 11.3 Å². The molecule has 3 heterocycles. The van der Waals surface area contributed by atoms with Crippen LogP contribution in [0.25, 0.3) is 0 Å². The Bertz CT molecular complexity index is 1210. The standard InChI is InChI=1S/C23H24N4O4S2/c28-22(16-19-6-1-2-9-24-19)26-10-12-27(13-11-26)23(29)18-5-3-8-21(15-18)33(30,31)25-17-20-7-4-14-32-20/h1-9,14-15,25H,10-13,16-17H2. The highest BCUT2D eigenvalue weighted by molar-refractivity contribution is 7.89. The molecule has 0 atom stereocenters. The van der Waals surface area contributed by atoms with Gasteiger partial charge in [0, 0.05) is 55.1 Å². The van der Waals surface area contributed by atoms with Gasteiger partial charge in [-0.25, -0.2) is 13.1 Å². The summed E-state index contributed by atoms with van der Waals surface area (Å²) in [5.41, 5.74) is 1.02. The highest BCUT2D eigenvalue weighted by Crippen LogP contribution is 2.16. The van der Waals surface area contributed by atoms with E-state index in [1.165, 1.54) is 23.5 Å². The lowest BCUT2D eigenvalue weighted by molar-refractivity contribution is -0.132. The van der Waals surface area contributed by atoms with Crippen molar-refractivity contribution in [1.29, 1.82) is 0 Å². The number of benzene rings is 1. The summed E-state index contributed by atoms with van der Waals surface area (Å²) in [7, 11) is -3.75.